The normalized spacial score (nSPS) is 15.2. The number of amides is 3. The molecule has 5 unspecified atom stereocenters. The van der Waals surface area contributed by atoms with Gasteiger partial charge in [-0.2, -0.15) is 0 Å². The highest BCUT2D eigenvalue weighted by Crippen LogP contribution is 2.19. The minimum absolute atomic E-state index is 0.0111. The summed E-state index contributed by atoms with van der Waals surface area (Å²) in [5, 5.41) is 36.1. The molecule has 13 nitrogen and oxygen atoms in total. The molecule has 1 aromatic carbocycles. The van der Waals surface area contributed by atoms with E-state index in [1.807, 2.05) is 18.2 Å². The fourth-order valence-corrected chi connectivity index (χ4v) is 3.91. The second-order valence-corrected chi connectivity index (χ2v) is 9.58. The van der Waals surface area contributed by atoms with Crippen molar-refractivity contribution >= 4 is 40.6 Å². The van der Waals surface area contributed by atoms with E-state index >= 15 is 0 Å². The first-order valence-electron chi connectivity index (χ1n) is 12.1. The highest BCUT2D eigenvalue weighted by atomic mass is 16.4. The minimum Gasteiger partial charge on any atom is -0.481 e. The number of aliphatic hydroxyl groups is 1. The van der Waals surface area contributed by atoms with Crippen LogP contribution >= 0.6 is 0 Å². The minimum atomic E-state index is -1.59. The lowest BCUT2D eigenvalue weighted by atomic mass is 10.00. The van der Waals surface area contributed by atoms with Crippen LogP contribution in [0.15, 0.2) is 30.5 Å². The van der Waals surface area contributed by atoms with Gasteiger partial charge in [0.05, 0.1) is 18.6 Å². The number of nitrogens with one attached hydrogen (secondary N) is 4. The fourth-order valence-electron chi connectivity index (χ4n) is 3.91. The summed E-state index contributed by atoms with van der Waals surface area (Å²) in [6.45, 7) is 4.81. The second kappa shape index (κ2) is 13.5. The Morgan fingerprint density at radius 1 is 0.921 bits per heavy atom. The predicted molar refractivity (Wildman–Crippen MR) is 137 cm³/mol. The number of aromatic amines is 1. The van der Waals surface area contributed by atoms with Crippen LogP contribution in [-0.4, -0.2) is 80.2 Å². The number of rotatable bonds is 14. The number of carboxylic acids is 2. The molecule has 1 aromatic heterocycles. The zero-order valence-corrected chi connectivity index (χ0v) is 21.4. The van der Waals surface area contributed by atoms with Crippen molar-refractivity contribution < 1.29 is 39.3 Å². The Balaban J connectivity index is 2.32. The van der Waals surface area contributed by atoms with E-state index in [1.54, 1.807) is 26.1 Å². The van der Waals surface area contributed by atoms with E-state index in [1.165, 1.54) is 6.92 Å². The number of aliphatic carboxylic acids is 2. The third kappa shape index (κ3) is 8.56. The molecule has 0 aliphatic carbocycles. The summed E-state index contributed by atoms with van der Waals surface area (Å²) in [6, 6.07) is 1.86. The van der Waals surface area contributed by atoms with E-state index < -0.39 is 66.4 Å². The first-order valence-corrected chi connectivity index (χ1v) is 12.1. The SMILES string of the molecule is CC(C)CC(NC(=O)C(Cc1c[nH]c2ccccc12)NC(=O)C(N)CC(=O)O)C(=O)NC(C(=O)O)C(C)O. The molecule has 0 aliphatic rings. The van der Waals surface area contributed by atoms with E-state index in [4.69, 9.17) is 10.8 Å². The Labute approximate surface area is 219 Å². The molecule has 0 bridgehead atoms. The average molecular weight is 534 g/mol. The van der Waals surface area contributed by atoms with E-state index in [0.29, 0.717) is 5.56 Å². The van der Waals surface area contributed by atoms with Crippen LogP contribution in [0.4, 0.5) is 0 Å². The Kier molecular flexibility index (Phi) is 10.8. The van der Waals surface area contributed by atoms with Crippen molar-refractivity contribution in [3.05, 3.63) is 36.0 Å². The van der Waals surface area contributed by atoms with Crippen molar-refractivity contribution in [2.75, 3.05) is 0 Å². The highest BCUT2D eigenvalue weighted by Gasteiger charge is 2.32. The average Bonchev–Trinajstić information content (AvgIpc) is 3.23. The largest absolute Gasteiger partial charge is 0.481 e. The predicted octanol–water partition coefficient (Wildman–Crippen LogP) is -0.522. The Morgan fingerprint density at radius 3 is 2.11 bits per heavy atom. The Bertz CT molecular complexity index is 1160. The third-order valence-electron chi connectivity index (χ3n) is 5.85. The number of carboxylic acid groups (broad SMARTS) is 2. The molecule has 2 aromatic rings. The molecule has 0 radical (unpaired) electrons. The molecule has 0 aliphatic heterocycles. The number of aliphatic hydroxyl groups excluding tert-OH is 1. The van der Waals surface area contributed by atoms with E-state index in [0.717, 1.165) is 10.9 Å². The van der Waals surface area contributed by atoms with Crippen molar-refractivity contribution in [3.63, 3.8) is 0 Å². The zero-order chi connectivity index (χ0) is 28.6. The topological polar surface area (TPSA) is 224 Å². The van der Waals surface area contributed by atoms with Crippen LogP contribution in [0.25, 0.3) is 10.9 Å². The van der Waals surface area contributed by atoms with Gasteiger partial charge < -0.3 is 42.0 Å². The molecule has 0 fully saturated rings. The van der Waals surface area contributed by atoms with Gasteiger partial charge in [-0.05, 0) is 30.9 Å². The van der Waals surface area contributed by atoms with Crippen LogP contribution < -0.4 is 21.7 Å². The van der Waals surface area contributed by atoms with E-state index in [2.05, 4.69) is 20.9 Å². The number of aromatic nitrogens is 1. The number of fused-ring (bicyclic) bond motifs is 1. The number of carbonyl (C=O) groups is 5. The van der Waals surface area contributed by atoms with Gasteiger partial charge in [0.15, 0.2) is 6.04 Å². The van der Waals surface area contributed by atoms with Gasteiger partial charge in [0.25, 0.3) is 0 Å². The molecule has 9 N–H and O–H groups in total. The summed E-state index contributed by atoms with van der Waals surface area (Å²) in [5.74, 6) is -5.26. The van der Waals surface area contributed by atoms with Gasteiger partial charge in [-0.3, -0.25) is 19.2 Å². The number of nitrogens with two attached hydrogens (primary N) is 1. The lowest BCUT2D eigenvalue weighted by Crippen LogP contribution is -2.59. The first-order chi connectivity index (χ1) is 17.8. The van der Waals surface area contributed by atoms with Gasteiger partial charge >= 0.3 is 11.9 Å². The molecular weight excluding hydrogens is 498 g/mol. The van der Waals surface area contributed by atoms with E-state index in [9.17, 15) is 34.2 Å². The summed E-state index contributed by atoms with van der Waals surface area (Å²) >= 11 is 0. The van der Waals surface area contributed by atoms with Crippen LogP contribution in [0.1, 0.15) is 39.2 Å². The van der Waals surface area contributed by atoms with Gasteiger partial charge in [-0.15, -0.1) is 0 Å². The number of para-hydroxylation sites is 1. The number of hydrogen-bond donors (Lipinski definition) is 8. The van der Waals surface area contributed by atoms with Crippen molar-refractivity contribution in [1.82, 2.24) is 20.9 Å². The van der Waals surface area contributed by atoms with Gasteiger partial charge in [-0.1, -0.05) is 32.0 Å². The summed E-state index contributed by atoms with van der Waals surface area (Å²) in [4.78, 5) is 64.4. The lowest BCUT2D eigenvalue weighted by Gasteiger charge is -2.26. The molecule has 0 saturated heterocycles. The quantitative estimate of drug-likeness (QED) is 0.156. The monoisotopic (exact) mass is 533 g/mol. The number of benzene rings is 1. The molecule has 13 heteroatoms. The van der Waals surface area contributed by atoms with Crippen molar-refractivity contribution in [2.24, 2.45) is 11.7 Å². The Morgan fingerprint density at radius 2 is 1.53 bits per heavy atom. The number of H-pyrrole nitrogens is 1. The number of hydrogen-bond acceptors (Lipinski definition) is 7. The maximum atomic E-state index is 13.4. The van der Waals surface area contributed by atoms with Crippen molar-refractivity contribution in [1.29, 1.82) is 0 Å². The molecular formula is C25H35N5O8. The number of carbonyl (C=O) groups excluding carboxylic acids is 3. The molecule has 38 heavy (non-hydrogen) atoms. The maximum absolute atomic E-state index is 13.4. The zero-order valence-electron chi connectivity index (χ0n) is 21.4. The molecule has 0 saturated carbocycles. The molecule has 208 valence electrons. The molecule has 2 rings (SSSR count). The molecule has 5 atom stereocenters. The third-order valence-corrected chi connectivity index (χ3v) is 5.85. The smallest absolute Gasteiger partial charge is 0.328 e. The Hall–Kier alpha value is -3.97. The fraction of sp³-hybridized carbons (Fsp3) is 0.480. The molecule has 1 heterocycles. The standard InChI is InChI=1S/C25H35N5O8/c1-12(2)8-18(24(36)30-21(13(3)31)25(37)38)29-23(35)19(28-22(34)16(26)10-20(32)33)9-14-11-27-17-7-5-4-6-15(14)17/h4-7,11-13,16,18-19,21,27,31H,8-10,26H2,1-3H3,(H,28,34)(H,29,35)(H,30,36)(H,32,33)(H,37,38). The molecule has 0 spiro atoms. The van der Waals surface area contributed by atoms with Gasteiger partial charge in [-0.25, -0.2) is 4.79 Å². The van der Waals surface area contributed by atoms with Crippen molar-refractivity contribution in [3.8, 4) is 0 Å². The van der Waals surface area contributed by atoms with Crippen LogP contribution in [0.5, 0.6) is 0 Å². The van der Waals surface area contributed by atoms with E-state index in [-0.39, 0.29) is 18.8 Å². The van der Waals surface area contributed by atoms with Crippen LogP contribution in [0, 0.1) is 5.92 Å². The second-order valence-electron chi connectivity index (χ2n) is 9.58. The van der Waals surface area contributed by atoms with Crippen molar-refractivity contribution in [2.45, 2.75) is 70.3 Å². The lowest BCUT2D eigenvalue weighted by molar-refractivity contribution is -0.145. The molecule has 3 amide bonds. The highest BCUT2D eigenvalue weighted by molar-refractivity contribution is 5.95. The van der Waals surface area contributed by atoms with Crippen LogP contribution in [-0.2, 0) is 30.4 Å². The summed E-state index contributed by atoms with van der Waals surface area (Å²) < 4.78 is 0. The van der Waals surface area contributed by atoms with Crippen LogP contribution in [0.2, 0.25) is 0 Å². The van der Waals surface area contributed by atoms with Gasteiger partial charge in [0.2, 0.25) is 17.7 Å². The summed E-state index contributed by atoms with van der Waals surface area (Å²) in [6.07, 6.45) is -0.246. The summed E-state index contributed by atoms with van der Waals surface area (Å²) in [7, 11) is 0. The summed E-state index contributed by atoms with van der Waals surface area (Å²) in [5.41, 5.74) is 7.16. The van der Waals surface area contributed by atoms with Crippen LogP contribution in [0.3, 0.4) is 0 Å². The maximum Gasteiger partial charge on any atom is 0.328 e. The first kappa shape index (κ1) is 30.3. The van der Waals surface area contributed by atoms with Gasteiger partial charge in [0.1, 0.15) is 12.1 Å². The van der Waals surface area contributed by atoms with Gasteiger partial charge in [0, 0.05) is 23.5 Å².